The molecular weight excluding hydrogens is 382 g/mol. The molecule has 0 bridgehead atoms. The lowest BCUT2D eigenvalue weighted by Crippen LogP contribution is -2.35. The molecule has 6 heteroatoms. The highest BCUT2D eigenvalue weighted by Gasteiger charge is 2.17. The molecule has 0 aliphatic heterocycles. The SMILES string of the molecule is Cc1nc(-c2cccnc2)sc1CNC(=O)C(C)Oc1cccc2ccccc12. The van der Waals surface area contributed by atoms with Crippen molar-refractivity contribution < 1.29 is 9.53 Å². The summed E-state index contributed by atoms with van der Waals surface area (Å²) in [5.74, 6) is 0.548. The molecule has 2 heterocycles. The molecule has 0 saturated heterocycles. The second-order valence-corrected chi connectivity index (χ2v) is 7.81. The van der Waals surface area contributed by atoms with E-state index in [9.17, 15) is 4.79 Å². The number of pyridine rings is 1. The summed E-state index contributed by atoms with van der Waals surface area (Å²) < 4.78 is 5.95. The maximum atomic E-state index is 12.6. The van der Waals surface area contributed by atoms with Gasteiger partial charge in [-0.05, 0) is 37.4 Å². The Bertz CT molecular complexity index is 1140. The smallest absolute Gasteiger partial charge is 0.261 e. The number of carbonyl (C=O) groups is 1. The predicted molar refractivity (Wildman–Crippen MR) is 116 cm³/mol. The van der Waals surface area contributed by atoms with Crippen molar-refractivity contribution in [3.63, 3.8) is 0 Å². The third-order valence-electron chi connectivity index (χ3n) is 4.65. The van der Waals surface area contributed by atoms with Crippen LogP contribution in [0.15, 0.2) is 67.0 Å². The Labute approximate surface area is 173 Å². The van der Waals surface area contributed by atoms with Crippen LogP contribution in [0.4, 0.5) is 0 Å². The van der Waals surface area contributed by atoms with E-state index in [4.69, 9.17) is 4.74 Å². The molecule has 2 aromatic heterocycles. The van der Waals surface area contributed by atoms with Gasteiger partial charge in [-0.15, -0.1) is 11.3 Å². The van der Waals surface area contributed by atoms with Gasteiger partial charge in [-0.2, -0.15) is 0 Å². The standard InChI is InChI=1S/C23H21N3O2S/c1-15-21(29-23(26-15)18-9-6-12-24-13-18)14-25-22(27)16(2)28-20-11-5-8-17-7-3-4-10-19(17)20/h3-13,16H,14H2,1-2H3,(H,25,27). The highest BCUT2D eigenvalue weighted by molar-refractivity contribution is 7.15. The van der Waals surface area contributed by atoms with Gasteiger partial charge < -0.3 is 10.1 Å². The van der Waals surface area contributed by atoms with Crippen molar-refractivity contribution >= 4 is 28.0 Å². The molecule has 1 amide bonds. The normalized spacial score (nSPS) is 11.9. The molecule has 0 saturated carbocycles. The summed E-state index contributed by atoms with van der Waals surface area (Å²) in [5.41, 5.74) is 1.89. The Morgan fingerprint density at radius 3 is 2.79 bits per heavy atom. The van der Waals surface area contributed by atoms with Crippen molar-refractivity contribution in [1.82, 2.24) is 15.3 Å². The molecule has 0 aliphatic carbocycles. The molecule has 146 valence electrons. The number of hydrogen-bond acceptors (Lipinski definition) is 5. The van der Waals surface area contributed by atoms with Crippen LogP contribution < -0.4 is 10.1 Å². The number of rotatable bonds is 6. The van der Waals surface area contributed by atoms with E-state index in [0.29, 0.717) is 12.3 Å². The number of benzene rings is 2. The van der Waals surface area contributed by atoms with Gasteiger partial charge in [0, 0.05) is 28.2 Å². The van der Waals surface area contributed by atoms with E-state index in [2.05, 4.69) is 15.3 Å². The number of aromatic nitrogens is 2. The number of carbonyl (C=O) groups excluding carboxylic acids is 1. The Morgan fingerprint density at radius 1 is 1.14 bits per heavy atom. The fourth-order valence-electron chi connectivity index (χ4n) is 3.06. The van der Waals surface area contributed by atoms with Gasteiger partial charge in [-0.1, -0.05) is 36.4 Å². The van der Waals surface area contributed by atoms with Gasteiger partial charge in [0.05, 0.1) is 12.2 Å². The number of thiazole rings is 1. The molecule has 1 N–H and O–H groups in total. The number of fused-ring (bicyclic) bond motifs is 1. The number of amides is 1. The molecule has 29 heavy (non-hydrogen) atoms. The number of nitrogens with zero attached hydrogens (tertiary/aromatic N) is 2. The van der Waals surface area contributed by atoms with Crippen LogP contribution in [0, 0.1) is 6.92 Å². The summed E-state index contributed by atoms with van der Waals surface area (Å²) in [6.07, 6.45) is 2.93. The Hall–Kier alpha value is -3.25. The minimum atomic E-state index is -0.605. The fourth-order valence-corrected chi connectivity index (χ4v) is 4.05. The van der Waals surface area contributed by atoms with Crippen LogP contribution in [0.2, 0.25) is 0 Å². The van der Waals surface area contributed by atoms with E-state index in [1.54, 1.807) is 30.7 Å². The lowest BCUT2D eigenvalue weighted by molar-refractivity contribution is -0.127. The Balaban J connectivity index is 1.41. The van der Waals surface area contributed by atoms with Gasteiger partial charge in [-0.25, -0.2) is 4.98 Å². The summed E-state index contributed by atoms with van der Waals surface area (Å²) in [7, 11) is 0. The minimum Gasteiger partial charge on any atom is -0.480 e. The fraction of sp³-hybridized carbons (Fsp3) is 0.174. The zero-order chi connectivity index (χ0) is 20.2. The van der Waals surface area contributed by atoms with Crippen LogP contribution in [-0.4, -0.2) is 22.0 Å². The number of aryl methyl sites for hydroxylation is 1. The van der Waals surface area contributed by atoms with Crippen LogP contribution in [0.5, 0.6) is 5.75 Å². The molecule has 4 aromatic rings. The summed E-state index contributed by atoms with van der Waals surface area (Å²) in [4.78, 5) is 22.3. The first-order valence-electron chi connectivity index (χ1n) is 9.40. The van der Waals surface area contributed by atoms with E-state index >= 15 is 0 Å². The van der Waals surface area contributed by atoms with Gasteiger partial charge in [0.2, 0.25) is 0 Å². The molecular formula is C23H21N3O2S. The number of ether oxygens (including phenoxy) is 1. The first-order valence-corrected chi connectivity index (χ1v) is 10.2. The number of nitrogens with one attached hydrogen (secondary N) is 1. The van der Waals surface area contributed by atoms with Crippen LogP contribution in [0.25, 0.3) is 21.3 Å². The third-order valence-corrected chi connectivity index (χ3v) is 5.85. The third kappa shape index (κ3) is 4.27. The van der Waals surface area contributed by atoms with Gasteiger partial charge in [0.15, 0.2) is 6.10 Å². The van der Waals surface area contributed by atoms with Gasteiger partial charge >= 0.3 is 0 Å². The van der Waals surface area contributed by atoms with E-state index in [-0.39, 0.29) is 5.91 Å². The summed E-state index contributed by atoms with van der Waals surface area (Å²) in [6.45, 7) is 4.14. The van der Waals surface area contributed by atoms with Crippen molar-refractivity contribution in [1.29, 1.82) is 0 Å². The first-order chi connectivity index (χ1) is 14.1. The molecule has 1 atom stereocenters. The Morgan fingerprint density at radius 2 is 1.97 bits per heavy atom. The van der Waals surface area contributed by atoms with Crippen molar-refractivity contribution in [3.8, 4) is 16.3 Å². The van der Waals surface area contributed by atoms with E-state index in [1.165, 1.54) is 0 Å². The van der Waals surface area contributed by atoms with Crippen molar-refractivity contribution in [3.05, 3.63) is 77.6 Å². The average Bonchev–Trinajstić information content (AvgIpc) is 3.13. The molecule has 2 aromatic carbocycles. The summed E-state index contributed by atoms with van der Waals surface area (Å²) in [6, 6.07) is 17.7. The molecule has 0 radical (unpaired) electrons. The summed E-state index contributed by atoms with van der Waals surface area (Å²) in [5, 5.41) is 5.94. The quantitative estimate of drug-likeness (QED) is 0.505. The topological polar surface area (TPSA) is 64.1 Å². The van der Waals surface area contributed by atoms with Crippen molar-refractivity contribution in [2.75, 3.05) is 0 Å². The van der Waals surface area contributed by atoms with Crippen LogP contribution >= 0.6 is 11.3 Å². The maximum absolute atomic E-state index is 12.6. The molecule has 5 nitrogen and oxygen atoms in total. The molecule has 0 fully saturated rings. The minimum absolute atomic E-state index is 0.159. The highest BCUT2D eigenvalue weighted by Crippen LogP contribution is 2.28. The second kappa shape index (κ2) is 8.41. The maximum Gasteiger partial charge on any atom is 0.261 e. The van der Waals surface area contributed by atoms with Crippen molar-refractivity contribution in [2.45, 2.75) is 26.5 Å². The zero-order valence-corrected chi connectivity index (χ0v) is 17.1. The number of hydrogen-bond donors (Lipinski definition) is 1. The first kappa shape index (κ1) is 19.1. The second-order valence-electron chi connectivity index (χ2n) is 6.72. The van der Waals surface area contributed by atoms with Gasteiger partial charge in [0.25, 0.3) is 5.91 Å². The largest absolute Gasteiger partial charge is 0.480 e. The lowest BCUT2D eigenvalue weighted by atomic mass is 10.1. The van der Waals surface area contributed by atoms with Gasteiger partial charge in [-0.3, -0.25) is 9.78 Å². The molecule has 0 spiro atoms. The van der Waals surface area contributed by atoms with Crippen molar-refractivity contribution in [2.24, 2.45) is 0 Å². The molecule has 0 aliphatic rings. The predicted octanol–water partition coefficient (Wildman–Crippen LogP) is 4.75. The van der Waals surface area contributed by atoms with E-state index in [1.807, 2.05) is 61.5 Å². The molecule has 1 unspecified atom stereocenters. The van der Waals surface area contributed by atoms with Crippen LogP contribution in [-0.2, 0) is 11.3 Å². The molecule has 4 rings (SSSR count). The van der Waals surface area contributed by atoms with Crippen LogP contribution in [0.1, 0.15) is 17.5 Å². The Kier molecular flexibility index (Phi) is 5.53. The lowest BCUT2D eigenvalue weighted by Gasteiger charge is -2.16. The summed E-state index contributed by atoms with van der Waals surface area (Å²) >= 11 is 1.57. The zero-order valence-electron chi connectivity index (χ0n) is 16.3. The monoisotopic (exact) mass is 403 g/mol. The van der Waals surface area contributed by atoms with E-state index < -0.39 is 6.10 Å². The van der Waals surface area contributed by atoms with Gasteiger partial charge in [0.1, 0.15) is 10.8 Å². The highest BCUT2D eigenvalue weighted by atomic mass is 32.1. The average molecular weight is 404 g/mol. The van der Waals surface area contributed by atoms with Crippen LogP contribution in [0.3, 0.4) is 0 Å². The van der Waals surface area contributed by atoms with E-state index in [0.717, 1.165) is 31.9 Å².